The summed E-state index contributed by atoms with van der Waals surface area (Å²) in [7, 11) is 4.16. The predicted octanol–water partition coefficient (Wildman–Crippen LogP) is 0.949. The van der Waals surface area contributed by atoms with Gasteiger partial charge in [0.05, 0.1) is 7.11 Å². The molecule has 4 nitrogen and oxygen atoms in total. The van der Waals surface area contributed by atoms with Gasteiger partial charge >= 0.3 is 5.97 Å². The number of hydrogen-bond acceptors (Lipinski definition) is 4. The highest BCUT2D eigenvalue weighted by molar-refractivity contribution is 5.77. The fraction of sp³-hybridized carbons (Fsp3) is 0.875. The molecular formula is C8H16O4. The van der Waals surface area contributed by atoms with Crippen molar-refractivity contribution in [2.75, 3.05) is 21.3 Å². The Morgan fingerprint density at radius 1 is 1.25 bits per heavy atom. The van der Waals surface area contributed by atoms with Crippen LogP contribution in [0.2, 0.25) is 0 Å². The van der Waals surface area contributed by atoms with Crippen molar-refractivity contribution in [3.05, 3.63) is 0 Å². The first-order valence-electron chi connectivity index (χ1n) is 3.85. The molecule has 0 aromatic carbocycles. The Bertz CT molecular complexity index is 140. The highest BCUT2D eigenvalue weighted by Crippen LogP contribution is 2.19. The summed E-state index contributed by atoms with van der Waals surface area (Å²) in [5, 5.41) is 0. The van der Waals surface area contributed by atoms with E-state index in [0.717, 1.165) is 6.42 Å². The molecule has 0 aliphatic rings. The van der Waals surface area contributed by atoms with Crippen LogP contribution in [0.15, 0.2) is 0 Å². The fourth-order valence-corrected chi connectivity index (χ4v) is 1.04. The summed E-state index contributed by atoms with van der Waals surface area (Å²) in [6, 6.07) is 0. The van der Waals surface area contributed by atoms with E-state index in [-0.39, 0.29) is 0 Å². The zero-order valence-electron chi connectivity index (χ0n) is 8.05. The number of carbonyl (C=O) groups excluding carboxylic acids is 1. The summed E-state index contributed by atoms with van der Waals surface area (Å²) >= 11 is 0. The van der Waals surface area contributed by atoms with E-state index in [2.05, 4.69) is 4.74 Å². The van der Waals surface area contributed by atoms with Crippen LogP contribution in [0, 0.1) is 0 Å². The lowest BCUT2D eigenvalue weighted by Crippen LogP contribution is -2.43. The Hall–Kier alpha value is -0.610. The minimum Gasteiger partial charge on any atom is -0.465 e. The maximum absolute atomic E-state index is 11.2. The van der Waals surface area contributed by atoms with E-state index in [1.165, 1.54) is 21.3 Å². The van der Waals surface area contributed by atoms with Crippen molar-refractivity contribution in [3.63, 3.8) is 0 Å². The third kappa shape index (κ3) is 2.19. The summed E-state index contributed by atoms with van der Waals surface area (Å²) in [6.45, 7) is 1.94. The number of carbonyl (C=O) groups is 1. The van der Waals surface area contributed by atoms with Crippen molar-refractivity contribution in [1.82, 2.24) is 0 Å². The van der Waals surface area contributed by atoms with Crippen LogP contribution in [-0.2, 0) is 19.0 Å². The Labute approximate surface area is 72.8 Å². The largest absolute Gasteiger partial charge is 0.465 e. The average molecular weight is 176 g/mol. The Kier molecular flexibility index (Phi) is 4.85. The highest BCUT2D eigenvalue weighted by atomic mass is 16.7. The van der Waals surface area contributed by atoms with Gasteiger partial charge in [-0.1, -0.05) is 13.3 Å². The molecule has 0 unspecified atom stereocenters. The number of rotatable bonds is 5. The fourth-order valence-electron chi connectivity index (χ4n) is 1.04. The molecule has 0 N–H and O–H groups in total. The molecule has 0 amide bonds. The van der Waals surface area contributed by atoms with Crippen LogP contribution in [0.3, 0.4) is 0 Å². The van der Waals surface area contributed by atoms with Crippen LogP contribution in [0.25, 0.3) is 0 Å². The number of methoxy groups -OCH3 is 3. The normalized spacial score (nSPS) is 11.3. The molecule has 0 spiro atoms. The summed E-state index contributed by atoms with van der Waals surface area (Å²) in [5.41, 5.74) is 0. The van der Waals surface area contributed by atoms with E-state index in [1.54, 1.807) is 0 Å². The molecule has 0 saturated heterocycles. The van der Waals surface area contributed by atoms with Crippen LogP contribution >= 0.6 is 0 Å². The van der Waals surface area contributed by atoms with Crippen molar-refractivity contribution < 1.29 is 19.0 Å². The first-order valence-corrected chi connectivity index (χ1v) is 3.85. The first kappa shape index (κ1) is 11.4. The molecule has 12 heavy (non-hydrogen) atoms. The lowest BCUT2D eigenvalue weighted by Gasteiger charge is -2.26. The van der Waals surface area contributed by atoms with E-state index in [1.807, 2.05) is 6.92 Å². The van der Waals surface area contributed by atoms with Crippen LogP contribution in [0.5, 0.6) is 0 Å². The molecule has 4 heteroatoms. The minimum absolute atomic E-state index is 0.491. The van der Waals surface area contributed by atoms with Gasteiger partial charge in [0.25, 0.3) is 5.79 Å². The summed E-state index contributed by atoms with van der Waals surface area (Å²) < 4.78 is 14.5. The van der Waals surface area contributed by atoms with Crippen molar-refractivity contribution in [2.45, 2.75) is 25.6 Å². The number of hydrogen-bond donors (Lipinski definition) is 0. The third-order valence-electron chi connectivity index (χ3n) is 1.73. The summed E-state index contributed by atoms with van der Waals surface area (Å²) in [6.07, 6.45) is 1.28. The minimum atomic E-state index is -1.22. The predicted molar refractivity (Wildman–Crippen MR) is 43.7 cm³/mol. The van der Waals surface area contributed by atoms with E-state index in [9.17, 15) is 4.79 Å². The second kappa shape index (κ2) is 5.11. The molecule has 0 saturated carbocycles. The molecule has 0 aromatic rings. The standard InChI is InChI=1S/C8H16O4/c1-5-6-8(11-3,12-4)7(9)10-2/h5-6H2,1-4H3. The van der Waals surface area contributed by atoms with E-state index < -0.39 is 11.8 Å². The van der Waals surface area contributed by atoms with E-state index in [0.29, 0.717) is 6.42 Å². The van der Waals surface area contributed by atoms with Gasteiger partial charge in [-0.2, -0.15) is 0 Å². The van der Waals surface area contributed by atoms with Gasteiger partial charge in [0.15, 0.2) is 0 Å². The number of ether oxygens (including phenoxy) is 3. The third-order valence-corrected chi connectivity index (χ3v) is 1.73. The van der Waals surface area contributed by atoms with Crippen LogP contribution in [-0.4, -0.2) is 33.1 Å². The van der Waals surface area contributed by atoms with Gasteiger partial charge in [-0.15, -0.1) is 0 Å². The molecule has 0 aromatic heterocycles. The monoisotopic (exact) mass is 176 g/mol. The van der Waals surface area contributed by atoms with Gasteiger partial charge in [0.2, 0.25) is 0 Å². The summed E-state index contributed by atoms with van der Waals surface area (Å²) in [5.74, 6) is -1.71. The molecule has 0 aliphatic heterocycles. The lowest BCUT2D eigenvalue weighted by molar-refractivity contribution is -0.230. The highest BCUT2D eigenvalue weighted by Gasteiger charge is 2.39. The quantitative estimate of drug-likeness (QED) is 0.462. The number of esters is 1. The first-order chi connectivity index (χ1) is 5.66. The van der Waals surface area contributed by atoms with Gasteiger partial charge in [0.1, 0.15) is 0 Å². The van der Waals surface area contributed by atoms with E-state index >= 15 is 0 Å². The van der Waals surface area contributed by atoms with Crippen molar-refractivity contribution in [3.8, 4) is 0 Å². The van der Waals surface area contributed by atoms with Gasteiger partial charge in [-0.3, -0.25) is 0 Å². The smallest absolute Gasteiger partial charge is 0.366 e. The average Bonchev–Trinajstić information content (AvgIpc) is 2.13. The molecule has 0 rings (SSSR count). The van der Waals surface area contributed by atoms with Crippen LogP contribution in [0.4, 0.5) is 0 Å². The molecule has 0 heterocycles. The Morgan fingerprint density at radius 2 is 1.75 bits per heavy atom. The van der Waals surface area contributed by atoms with Crippen LogP contribution in [0.1, 0.15) is 19.8 Å². The second-order valence-electron chi connectivity index (χ2n) is 2.40. The van der Waals surface area contributed by atoms with Crippen molar-refractivity contribution >= 4 is 5.97 Å². The molecule has 0 atom stereocenters. The second-order valence-corrected chi connectivity index (χ2v) is 2.40. The van der Waals surface area contributed by atoms with Crippen molar-refractivity contribution in [2.24, 2.45) is 0 Å². The molecular weight excluding hydrogens is 160 g/mol. The van der Waals surface area contributed by atoms with Gasteiger partial charge in [0, 0.05) is 20.6 Å². The van der Waals surface area contributed by atoms with Crippen LogP contribution < -0.4 is 0 Å². The maximum atomic E-state index is 11.2. The SMILES string of the molecule is CCCC(OC)(OC)C(=O)OC. The zero-order valence-corrected chi connectivity index (χ0v) is 8.05. The topological polar surface area (TPSA) is 44.8 Å². The summed E-state index contributed by atoms with van der Waals surface area (Å²) in [4.78, 5) is 11.2. The Morgan fingerprint density at radius 3 is 2.00 bits per heavy atom. The molecule has 72 valence electrons. The molecule has 0 fully saturated rings. The zero-order chi connectivity index (χ0) is 9.61. The molecule has 0 radical (unpaired) electrons. The van der Waals surface area contributed by atoms with Gasteiger partial charge < -0.3 is 14.2 Å². The maximum Gasteiger partial charge on any atom is 0.366 e. The molecule has 0 aliphatic carbocycles. The van der Waals surface area contributed by atoms with Gasteiger partial charge in [-0.05, 0) is 0 Å². The van der Waals surface area contributed by atoms with Crippen molar-refractivity contribution in [1.29, 1.82) is 0 Å². The van der Waals surface area contributed by atoms with Gasteiger partial charge in [-0.25, -0.2) is 4.79 Å². The Balaban J connectivity index is 4.44. The molecule has 0 bridgehead atoms. The lowest BCUT2D eigenvalue weighted by atomic mass is 10.1. The van der Waals surface area contributed by atoms with E-state index in [4.69, 9.17) is 9.47 Å².